The van der Waals surface area contributed by atoms with E-state index in [2.05, 4.69) is 0 Å². The number of thiophene rings is 1. The van der Waals surface area contributed by atoms with Gasteiger partial charge in [0.1, 0.15) is 0 Å². The van der Waals surface area contributed by atoms with Gasteiger partial charge in [-0.15, -0.1) is 11.3 Å². The second-order valence-electron chi connectivity index (χ2n) is 8.87. The SMILES string of the molecule is Cc1ccc2nc3c(c(C(=O)OCC(=O)N4CCN(C(=O)c5cccs5)CC4)c2c1)CCCC3. The standard InChI is InChI=1S/C26H27N3O4S/c1-17-8-9-21-19(15-17)24(18-5-2-3-6-20(18)27-21)26(32)33-16-23(30)28-10-12-29(13-11-28)25(31)22-7-4-14-34-22/h4,7-9,14-15H,2-3,5-6,10-13,16H2,1H3. The first-order valence-corrected chi connectivity index (χ1v) is 12.6. The number of carbonyl (C=O) groups is 3. The number of pyridine rings is 1. The average molecular weight is 478 g/mol. The van der Waals surface area contributed by atoms with E-state index in [1.807, 2.05) is 42.6 Å². The molecule has 34 heavy (non-hydrogen) atoms. The first kappa shape index (κ1) is 22.5. The molecule has 2 amide bonds. The van der Waals surface area contributed by atoms with Crippen LogP contribution in [0.25, 0.3) is 10.9 Å². The minimum atomic E-state index is -0.462. The summed E-state index contributed by atoms with van der Waals surface area (Å²) in [6, 6.07) is 9.58. The fourth-order valence-electron chi connectivity index (χ4n) is 4.78. The Balaban J connectivity index is 1.26. The summed E-state index contributed by atoms with van der Waals surface area (Å²) in [4.78, 5) is 47.5. The van der Waals surface area contributed by atoms with E-state index < -0.39 is 5.97 Å². The van der Waals surface area contributed by atoms with Crippen molar-refractivity contribution in [2.75, 3.05) is 32.8 Å². The van der Waals surface area contributed by atoms with Crippen LogP contribution in [-0.2, 0) is 22.4 Å². The number of hydrogen-bond acceptors (Lipinski definition) is 6. The molecule has 0 radical (unpaired) electrons. The molecule has 0 bridgehead atoms. The van der Waals surface area contributed by atoms with Crippen molar-refractivity contribution in [3.8, 4) is 0 Å². The Labute approximate surface area is 202 Å². The van der Waals surface area contributed by atoms with Crippen molar-refractivity contribution in [3.63, 3.8) is 0 Å². The van der Waals surface area contributed by atoms with Gasteiger partial charge in [-0.2, -0.15) is 0 Å². The Morgan fingerprint density at radius 2 is 1.79 bits per heavy atom. The lowest BCUT2D eigenvalue weighted by molar-refractivity contribution is -0.136. The van der Waals surface area contributed by atoms with Crippen LogP contribution < -0.4 is 0 Å². The largest absolute Gasteiger partial charge is 0.452 e. The Kier molecular flexibility index (Phi) is 6.32. The molecule has 2 aromatic heterocycles. The van der Waals surface area contributed by atoms with Gasteiger partial charge in [-0.25, -0.2) is 4.79 Å². The van der Waals surface area contributed by atoms with Crippen LogP contribution in [0.3, 0.4) is 0 Å². The molecule has 176 valence electrons. The van der Waals surface area contributed by atoms with E-state index in [4.69, 9.17) is 9.72 Å². The molecule has 5 rings (SSSR count). The van der Waals surface area contributed by atoms with Gasteiger partial charge >= 0.3 is 5.97 Å². The minimum absolute atomic E-state index is 0.00170. The zero-order valence-electron chi connectivity index (χ0n) is 19.2. The highest BCUT2D eigenvalue weighted by molar-refractivity contribution is 7.12. The number of aromatic nitrogens is 1. The first-order chi connectivity index (χ1) is 16.5. The number of hydrogen-bond donors (Lipinski definition) is 0. The molecule has 1 aliphatic carbocycles. The third-order valence-electron chi connectivity index (χ3n) is 6.60. The van der Waals surface area contributed by atoms with Gasteiger partial charge in [0.2, 0.25) is 0 Å². The summed E-state index contributed by atoms with van der Waals surface area (Å²) in [6.07, 6.45) is 3.72. The second-order valence-corrected chi connectivity index (χ2v) is 9.81. The predicted molar refractivity (Wildman–Crippen MR) is 130 cm³/mol. The van der Waals surface area contributed by atoms with E-state index in [1.54, 1.807) is 9.80 Å². The van der Waals surface area contributed by atoms with Gasteiger partial charge in [-0.3, -0.25) is 14.6 Å². The fraction of sp³-hybridized carbons (Fsp3) is 0.385. The van der Waals surface area contributed by atoms with Crippen LogP contribution in [0.5, 0.6) is 0 Å². The Bertz CT molecular complexity index is 1250. The maximum Gasteiger partial charge on any atom is 0.339 e. The van der Waals surface area contributed by atoms with E-state index in [9.17, 15) is 14.4 Å². The predicted octanol–water partition coefficient (Wildman–Crippen LogP) is 3.62. The molecule has 3 heterocycles. The van der Waals surface area contributed by atoms with Crippen LogP contribution >= 0.6 is 11.3 Å². The van der Waals surface area contributed by atoms with Crippen molar-refractivity contribution >= 4 is 40.0 Å². The highest BCUT2D eigenvalue weighted by atomic mass is 32.1. The summed E-state index contributed by atoms with van der Waals surface area (Å²) in [5.74, 6) is -0.700. The Morgan fingerprint density at radius 1 is 1.03 bits per heavy atom. The second kappa shape index (κ2) is 9.54. The van der Waals surface area contributed by atoms with Crippen LogP contribution in [0.15, 0.2) is 35.7 Å². The topological polar surface area (TPSA) is 79.8 Å². The minimum Gasteiger partial charge on any atom is -0.452 e. The molecule has 1 aliphatic heterocycles. The van der Waals surface area contributed by atoms with Gasteiger partial charge in [0.25, 0.3) is 11.8 Å². The number of piperazine rings is 1. The third kappa shape index (κ3) is 4.42. The van der Waals surface area contributed by atoms with Crippen molar-refractivity contribution < 1.29 is 19.1 Å². The summed E-state index contributed by atoms with van der Waals surface area (Å²) in [5, 5.41) is 2.67. The number of nitrogens with zero attached hydrogens (tertiary/aromatic N) is 3. The molecule has 2 aliphatic rings. The van der Waals surface area contributed by atoms with Gasteiger partial charge in [-0.05, 0) is 61.7 Å². The molecule has 0 unspecified atom stereocenters. The maximum absolute atomic E-state index is 13.2. The molecule has 0 atom stereocenters. The molecule has 1 saturated heterocycles. The third-order valence-corrected chi connectivity index (χ3v) is 7.46. The first-order valence-electron chi connectivity index (χ1n) is 11.7. The highest BCUT2D eigenvalue weighted by Crippen LogP contribution is 2.30. The summed E-state index contributed by atoms with van der Waals surface area (Å²) in [5.41, 5.74) is 4.32. The molecule has 1 fully saturated rings. The number of carbonyl (C=O) groups excluding carboxylic acids is 3. The maximum atomic E-state index is 13.2. The smallest absolute Gasteiger partial charge is 0.339 e. The summed E-state index contributed by atoms with van der Waals surface area (Å²) < 4.78 is 5.55. The summed E-state index contributed by atoms with van der Waals surface area (Å²) in [7, 11) is 0. The number of benzene rings is 1. The number of aryl methyl sites for hydroxylation is 2. The van der Waals surface area contributed by atoms with Crippen LogP contribution in [0.1, 0.15) is 49.7 Å². The molecule has 7 nitrogen and oxygen atoms in total. The van der Waals surface area contributed by atoms with Crippen LogP contribution in [0, 0.1) is 6.92 Å². The molecule has 3 aromatic rings. The normalized spacial score (nSPS) is 15.8. The molecular weight excluding hydrogens is 450 g/mol. The number of esters is 1. The van der Waals surface area contributed by atoms with E-state index in [0.717, 1.165) is 53.4 Å². The van der Waals surface area contributed by atoms with E-state index in [0.29, 0.717) is 36.6 Å². The summed E-state index contributed by atoms with van der Waals surface area (Å²) >= 11 is 1.42. The number of fused-ring (bicyclic) bond motifs is 2. The van der Waals surface area contributed by atoms with Gasteiger partial charge in [0.15, 0.2) is 6.61 Å². The van der Waals surface area contributed by atoms with E-state index in [-0.39, 0.29) is 18.4 Å². The Morgan fingerprint density at radius 3 is 2.56 bits per heavy atom. The number of ether oxygens (including phenoxy) is 1. The van der Waals surface area contributed by atoms with Crippen molar-refractivity contribution in [2.24, 2.45) is 0 Å². The van der Waals surface area contributed by atoms with Crippen LogP contribution in [-0.4, -0.2) is 65.4 Å². The molecule has 0 N–H and O–H groups in total. The van der Waals surface area contributed by atoms with Crippen LogP contribution in [0.2, 0.25) is 0 Å². The van der Waals surface area contributed by atoms with E-state index >= 15 is 0 Å². The lowest BCUT2D eigenvalue weighted by Gasteiger charge is -2.34. The number of rotatable bonds is 4. The summed E-state index contributed by atoms with van der Waals surface area (Å²) in [6.45, 7) is 3.49. The quantitative estimate of drug-likeness (QED) is 0.536. The molecular formula is C26H27N3O4S. The molecule has 0 saturated carbocycles. The van der Waals surface area contributed by atoms with Crippen molar-refractivity contribution in [1.29, 1.82) is 0 Å². The van der Waals surface area contributed by atoms with E-state index in [1.165, 1.54) is 11.3 Å². The molecule has 8 heteroatoms. The van der Waals surface area contributed by atoms with Crippen molar-refractivity contribution in [2.45, 2.75) is 32.6 Å². The average Bonchev–Trinajstić information content (AvgIpc) is 3.40. The van der Waals surface area contributed by atoms with Gasteiger partial charge in [-0.1, -0.05) is 17.7 Å². The van der Waals surface area contributed by atoms with Gasteiger partial charge < -0.3 is 14.5 Å². The fourth-order valence-corrected chi connectivity index (χ4v) is 5.47. The monoisotopic (exact) mass is 477 g/mol. The van der Waals surface area contributed by atoms with Crippen molar-refractivity contribution in [3.05, 3.63) is 63.0 Å². The van der Waals surface area contributed by atoms with Gasteiger partial charge in [0, 0.05) is 37.3 Å². The highest BCUT2D eigenvalue weighted by Gasteiger charge is 2.28. The zero-order chi connectivity index (χ0) is 23.7. The lowest BCUT2D eigenvalue weighted by Crippen LogP contribution is -2.51. The Hall–Kier alpha value is -3.26. The van der Waals surface area contributed by atoms with Gasteiger partial charge in [0.05, 0.1) is 16.0 Å². The number of amides is 2. The van der Waals surface area contributed by atoms with Crippen LogP contribution in [0.4, 0.5) is 0 Å². The molecule has 0 spiro atoms. The zero-order valence-corrected chi connectivity index (χ0v) is 20.0. The molecule has 1 aromatic carbocycles. The van der Waals surface area contributed by atoms with Crippen molar-refractivity contribution in [1.82, 2.24) is 14.8 Å². The lowest BCUT2D eigenvalue weighted by atomic mass is 9.89.